The van der Waals surface area contributed by atoms with Crippen LogP contribution in [-0.4, -0.2) is 61.7 Å². The van der Waals surface area contributed by atoms with Crippen molar-refractivity contribution >= 4 is 5.97 Å². The van der Waals surface area contributed by atoms with E-state index in [1.807, 2.05) is 121 Å². The minimum Gasteiger partial charge on any atom is -0.465 e. The van der Waals surface area contributed by atoms with E-state index in [0.29, 0.717) is 0 Å². The van der Waals surface area contributed by atoms with Crippen LogP contribution in [0.4, 0.5) is 8.78 Å². The molecule has 8 nitrogen and oxygen atoms in total. The van der Waals surface area contributed by atoms with Crippen molar-refractivity contribution in [3.8, 4) is 0 Å². The lowest BCUT2D eigenvalue weighted by atomic mass is 9.88. The minimum atomic E-state index is -3.65. The van der Waals surface area contributed by atoms with Crippen LogP contribution in [0.5, 0.6) is 0 Å². The maximum absolute atomic E-state index is 16.6. The topological polar surface area (TPSA) is 98.5 Å². The Balaban J connectivity index is 1.50. The van der Waals surface area contributed by atoms with Gasteiger partial charge in [0.25, 0.3) is 5.92 Å². The van der Waals surface area contributed by atoms with E-state index in [1.165, 1.54) is 0 Å². The van der Waals surface area contributed by atoms with Crippen molar-refractivity contribution in [2.45, 2.75) is 82.3 Å². The zero-order valence-corrected chi connectivity index (χ0v) is 28.2. The van der Waals surface area contributed by atoms with Crippen molar-refractivity contribution in [3.63, 3.8) is 0 Å². The van der Waals surface area contributed by atoms with Crippen molar-refractivity contribution in [2.75, 3.05) is 13.2 Å². The summed E-state index contributed by atoms with van der Waals surface area (Å²) in [5.41, 5.74) is 9.37. The van der Waals surface area contributed by atoms with Gasteiger partial charge in [0.1, 0.15) is 30.5 Å². The number of nitrogens with two attached hydrogens (primary N) is 1. The third kappa shape index (κ3) is 10.7. The van der Waals surface area contributed by atoms with Crippen LogP contribution in [0.2, 0.25) is 0 Å². The summed E-state index contributed by atoms with van der Waals surface area (Å²) in [6.07, 6.45) is -7.18. The SMILES string of the molecule is CCOC(=O)[C@H](N)CC(F)(F)[C@@H]1O[C@H](COCc2ccccc2)[C@H](OCc2ccccc2)[C@H](OCc2ccccc2)[C@H]1OCc1ccccc1. The quantitative estimate of drug-likeness (QED) is 0.116. The van der Waals surface area contributed by atoms with E-state index in [2.05, 4.69) is 0 Å². The molecule has 6 atom stereocenters. The first kappa shape index (κ1) is 37.2. The van der Waals surface area contributed by atoms with Gasteiger partial charge in [0.15, 0.2) is 6.10 Å². The number of carbonyl (C=O) groups is 1. The average Bonchev–Trinajstić information content (AvgIpc) is 3.14. The Hall–Kier alpha value is -4.03. The second kappa shape index (κ2) is 18.8. The lowest BCUT2D eigenvalue weighted by Crippen LogP contribution is -2.66. The second-order valence-electron chi connectivity index (χ2n) is 12.2. The van der Waals surface area contributed by atoms with E-state index in [9.17, 15) is 4.79 Å². The lowest BCUT2D eigenvalue weighted by molar-refractivity contribution is -0.311. The zero-order chi connectivity index (χ0) is 35.2. The highest BCUT2D eigenvalue weighted by molar-refractivity contribution is 5.75. The van der Waals surface area contributed by atoms with Gasteiger partial charge in [-0.25, -0.2) is 8.78 Å². The number of hydrogen-bond donors (Lipinski definition) is 1. The molecular formula is C40H45F2NO7. The molecule has 1 aliphatic heterocycles. The van der Waals surface area contributed by atoms with Gasteiger partial charge < -0.3 is 34.2 Å². The zero-order valence-electron chi connectivity index (χ0n) is 28.2. The van der Waals surface area contributed by atoms with Crippen LogP contribution >= 0.6 is 0 Å². The molecule has 1 fully saturated rings. The van der Waals surface area contributed by atoms with Gasteiger partial charge in [0.05, 0.1) is 39.6 Å². The smallest absolute Gasteiger partial charge is 0.323 e. The van der Waals surface area contributed by atoms with Gasteiger partial charge in [-0.3, -0.25) is 4.79 Å². The summed E-state index contributed by atoms with van der Waals surface area (Å²) in [4.78, 5) is 12.4. The molecule has 0 unspecified atom stereocenters. The molecule has 0 aliphatic carbocycles. The Bertz CT molecular complexity index is 1550. The molecule has 4 aromatic rings. The molecule has 1 saturated heterocycles. The van der Waals surface area contributed by atoms with Crippen LogP contribution < -0.4 is 5.73 Å². The number of ether oxygens (including phenoxy) is 6. The molecule has 0 amide bonds. The van der Waals surface area contributed by atoms with Crippen LogP contribution in [0.15, 0.2) is 121 Å². The summed E-state index contributed by atoms with van der Waals surface area (Å²) in [6.45, 7) is 2.00. The Morgan fingerprint density at radius 2 is 1.10 bits per heavy atom. The average molecular weight is 690 g/mol. The highest BCUT2D eigenvalue weighted by Gasteiger charge is 2.58. The fourth-order valence-electron chi connectivity index (χ4n) is 5.87. The number of rotatable bonds is 18. The monoisotopic (exact) mass is 689 g/mol. The molecule has 4 aromatic carbocycles. The van der Waals surface area contributed by atoms with Crippen LogP contribution in [0.25, 0.3) is 0 Å². The molecule has 50 heavy (non-hydrogen) atoms. The molecule has 0 spiro atoms. The first-order valence-corrected chi connectivity index (χ1v) is 16.9. The Morgan fingerprint density at radius 3 is 1.56 bits per heavy atom. The van der Waals surface area contributed by atoms with E-state index in [4.69, 9.17) is 34.2 Å². The van der Waals surface area contributed by atoms with Crippen molar-refractivity contribution in [3.05, 3.63) is 144 Å². The van der Waals surface area contributed by atoms with Crippen LogP contribution in [0, 0.1) is 0 Å². The van der Waals surface area contributed by atoms with Crippen molar-refractivity contribution < 1.29 is 42.0 Å². The molecule has 10 heteroatoms. The molecular weight excluding hydrogens is 644 g/mol. The van der Waals surface area contributed by atoms with Gasteiger partial charge in [-0.15, -0.1) is 0 Å². The Morgan fingerprint density at radius 1 is 0.680 bits per heavy atom. The maximum Gasteiger partial charge on any atom is 0.323 e. The second-order valence-corrected chi connectivity index (χ2v) is 12.2. The molecule has 2 N–H and O–H groups in total. The summed E-state index contributed by atoms with van der Waals surface area (Å²) in [5.74, 6) is -4.57. The van der Waals surface area contributed by atoms with E-state index >= 15 is 8.78 Å². The number of hydrogen-bond acceptors (Lipinski definition) is 8. The standard InChI is InChI=1S/C40H45F2NO7/c1-2-46-39(44)33(43)23-40(41,42)38-37(49-27-32-21-13-6-14-22-32)36(48-26-31-19-11-5-12-20-31)35(47-25-30-17-9-4-10-18-30)34(50-38)28-45-24-29-15-7-3-8-16-29/h3-22,33-38H,2,23-28,43H2,1H3/t33-,34-,35+,36+,37-,38-/m1/s1. The van der Waals surface area contributed by atoms with Gasteiger partial charge in [-0.05, 0) is 29.2 Å². The molecule has 0 saturated carbocycles. The summed E-state index contributed by atoms with van der Waals surface area (Å²) in [5, 5.41) is 0. The third-order valence-electron chi connectivity index (χ3n) is 8.38. The first-order chi connectivity index (χ1) is 24.3. The normalized spacial score (nSPS) is 21.4. The van der Waals surface area contributed by atoms with E-state index in [-0.39, 0.29) is 39.6 Å². The largest absolute Gasteiger partial charge is 0.465 e. The van der Waals surface area contributed by atoms with Gasteiger partial charge in [0.2, 0.25) is 0 Å². The summed E-state index contributed by atoms with van der Waals surface area (Å²) in [7, 11) is 0. The molecule has 0 bridgehead atoms. The van der Waals surface area contributed by atoms with Crippen molar-refractivity contribution in [1.82, 2.24) is 0 Å². The predicted molar refractivity (Wildman–Crippen MR) is 184 cm³/mol. The van der Waals surface area contributed by atoms with Crippen LogP contribution in [-0.2, 0) is 59.6 Å². The summed E-state index contributed by atoms with van der Waals surface area (Å²) >= 11 is 0. The number of halogens is 2. The summed E-state index contributed by atoms with van der Waals surface area (Å²) in [6, 6.07) is 36.1. The minimum absolute atomic E-state index is 0.00282. The molecule has 0 radical (unpaired) electrons. The van der Waals surface area contributed by atoms with Crippen LogP contribution in [0.3, 0.4) is 0 Å². The van der Waals surface area contributed by atoms with Crippen LogP contribution in [0.1, 0.15) is 35.6 Å². The van der Waals surface area contributed by atoms with Crippen molar-refractivity contribution in [2.24, 2.45) is 5.73 Å². The maximum atomic E-state index is 16.6. The Labute approximate surface area is 292 Å². The predicted octanol–water partition coefficient (Wildman–Crippen LogP) is 6.64. The number of esters is 1. The Kier molecular flexibility index (Phi) is 14.0. The fraction of sp³-hybridized carbons (Fsp3) is 0.375. The fourth-order valence-corrected chi connectivity index (χ4v) is 5.87. The molecule has 0 aromatic heterocycles. The lowest BCUT2D eigenvalue weighted by Gasteiger charge is -2.48. The molecule has 5 rings (SSSR count). The van der Waals surface area contributed by atoms with Gasteiger partial charge in [-0.2, -0.15) is 0 Å². The number of alkyl halides is 2. The van der Waals surface area contributed by atoms with E-state index in [1.54, 1.807) is 6.92 Å². The van der Waals surface area contributed by atoms with Gasteiger partial charge in [0, 0.05) is 6.42 Å². The van der Waals surface area contributed by atoms with Crippen molar-refractivity contribution in [1.29, 1.82) is 0 Å². The highest BCUT2D eigenvalue weighted by Crippen LogP contribution is 2.39. The third-order valence-corrected chi connectivity index (χ3v) is 8.38. The first-order valence-electron chi connectivity index (χ1n) is 16.9. The number of carbonyl (C=O) groups excluding carboxylic acids is 1. The van der Waals surface area contributed by atoms with E-state index in [0.717, 1.165) is 22.3 Å². The molecule has 1 aliphatic rings. The van der Waals surface area contributed by atoms with Gasteiger partial charge in [-0.1, -0.05) is 121 Å². The molecule has 266 valence electrons. The number of benzene rings is 4. The molecule has 1 heterocycles. The van der Waals surface area contributed by atoms with E-state index < -0.39 is 54.9 Å². The highest BCUT2D eigenvalue weighted by atomic mass is 19.3. The van der Waals surface area contributed by atoms with Gasteiger partial charge >= 0.3 is 5.97 Å². The summed E-state index contributed by atoms with van der Waals surface area (Å²) < 4.78 is 69.9.